The molecule has 0 unspecified atom stereocenters. The summed E-state index contributed by atoms with van der Waals surface area (Å²) in [4.78, 5) is 29.0. The van der Waals surface area contributed by atoms with Gasteiger partial charge in [0.15, 0.2) is 0 Å². The van der Waals surface area contributed by atoms with Crippen LogP contribution in [0.3, 0.4) is 0 Å². The molecule has 6 nitrogen and oxygen atoms in total. The average Bonchev–Trinajstić information content (AvgIpc) is 3.32. The monoisotopic (exact) mass is 324 g/mol. The van der Waals surface area contributed by atoms with Crippen LogP contribution in [0.1, 0.15) is 32.1 Å². The maximum Gasteiger partial charge on any atom is 0.355 e. The van der Waals surface area contributed by atoms with E-state index in [1.54, 1.807) is 36.7 Å². The average molecular weight is 324 g/mol. The molecular formula is C18H16N2O4. The second kappa shape index (κ2) is 7.32. The third kappa shape index (κ3) is 3.92. The largest absolute Gasteiger partial charge is 0.456 e. The number of carbonyl (C=O) groups excluding carboxylic acids is 2. The van der Waals surface area contributed by atoms with Gasteiger partial charge >= 0.3 is 11.9 Å². The molecule has 3 rings (SSSR count). The molecule has 0 aliphatic heterocycles. The molecule has 0 saturated heterocycles. The Balaban J connectivity index is 1.48. The molecule has 2 N–H and O–H groups in total. The first-order chi connectivity index (χ1) is 11.7. The molecule has 6 heteroatoms. The lowest BCUT2D eigenvalue weighted by molar-refractivity contribution is 0.0454. The van der Waals surface area contributed by atoms with Gasteiger partial charge in [0.2, 0.25) is 0 Å². The Morgan fingerprint density at radius 1 is 0.708 bits per heavy atom. The fraction of sp³-hybridized carbons (Fsp3) is 0.111. The van der Waals surface area contributed by atoms with E-state index in [4.69, 9.17) is 9.47 Å². The topological polar surface area (TPSA) is 84.2 Å². The number of hydrogen-bond donors (Lipinski definition) is 2. The van der Waals surface area contributed by atoms with Gasteiger partial charge in [-0.05, 0) is 35.4 Å². The van der Waals surface area contributed by atoms with Crippen molar-refractivity contribution >= 4 is 11.9 Å². The predicted molar refractivity (Wildman–Crippen MR) is 86.3 cm³/mol. The van der Waals surface area contributed by atoms with E-state index >= 15 is 0 Å². The van der Waals surface area contributed by atoms with Crippen molar-refractivity contribution in [3.63, 3.8) is 0 Å². The summed E-state index contributed by atoms with van der Waals surface area (Å²) >= 11 is 0. The maximum atomic E-state index is 11.7. The van der Waals surface area contributed by atoms with Gasteiger partial charge in [-0.25, -0.2) is 9.59 Å². The number of benzene rings is 1. The van der Waals surface area contributed by atoms with E-state index in [2.05, 4.69) is 9.97 Å². The molecule has 3 aromatic rings. The van der Waals surface area contributed by atoms with E-state index in [0.29, 0.717) is 11.4 Å². The van der Waals surface area contributed by atoms with Crippen LogP contribution in [0.15, 0.2) is 60.9 Å². The molecule has 122 valence electrons. The highest BCUT2D eigenvalue weighted by molar-refractivity contribution is 5.87. The third-order valence-corrected chi connectivity index (χ3v) is 3.40. The van der Waals surface area contributed by atoms with Crippen molar-refractivity contribution in [2.45, 2.75) is 13.2 Å². The maximum absolute atomic E-state index is 11.7. The quantitative estimate of drug-likeness (QED) is 0.683. The van der Waals surface area contributed by atoms with Crippen LogP contribution in [-0.4, -0.2) is 21.9 Å². The standard InChI is InChI=1S/C18H16N2O4/c21-17(15-3-1-9-19-15)23-11-13-5-7-14(8-6-13)12-24-18(22)16-4-2-10-20-16/h1-10,19-20H,11-12H2. The van der Waals surface area contributed by atoms with Crippen molar-refractivity contribution < 1.29 is 19.1 Å². The molecule has 0 saturated carbocycles. The van der Waals surface area contributed by atoms with Crippen LogP contribution in [0.2, 0.25) is 0 Å². The fourth-order valence-corrected chi connectivity index (χ4v) is 2.10. The number of aromatic nitrogens is 2. The summed E-state index contributed by atoms with van der Waals surface area (Å²) in [7, 11) is 0. The van der Waals surface area contributed by atoms with Gasteiger partial charge in [-0.3, -0.25) is 0 Å². The van der Waals surface area contributed by atoms with E-state index in [1.165, 1.54) is 0 Å². The highest BCUT2D eigenvalue weighted by Gasteiger charge is 2.09. The molecule has 2 heterocycles. The summed E-state index contributed by atoms with van der Waals surface area (Å²) in [5.41, 5.74) is 2.55. The minimum Gasteiger partial charge on any atom is -0.456 e. The zero-order valence-corrected chi connectivity index (χ0v) is 12.8. The third-order valence-electron chi connectivity index (χ3n) is 3.40. The number of carbonyl (C=O) groups is 2. The van der Waals surface area contributed by atoms with E-state index in [9.17, 15) is 9.59 Å². The number of rotatable bonds is 6. The van der Waals surface area contributed by atoms with Crippen molar-refractivity contribution in [1.82, 2.24) is 9.97 Å². The van der Waals surface area contributed by atoms with Gasteiger partial charge in [0, 0.05) is 12.4 Å². The van der Waals surface area contributed by atoms with Crippen LogP contribution in [0, 0.1) is 0 Å². The smallest absolute Gasteiger partial charge is 0.355 e. The molecule has 0 radical (unpaired) electrons. The first-order valence-corrected chi connectivity index (χ1v) is 7.41. The van der Waals surface area contributed by atoms with Crippen LogP contribution in [0.25, 0.3) is 0 Å². The Labute approximate surface area is 138 Å². The Hall–Kier alpha value is -3.28. The predicted octanol–water partition coefficient (Wildman–Crippen LogP) is 3.06. The Bertz CT molecular complexity index is 721. The molecule has 0 spiro atoms. The second-order valence-corrected chi connectivity index (χ2v) is 5.14. The molecule has 2 aromatic heterocycles. The number of ether oxygens (including phenoxy) is 2. The second-order valence-electron chi connectivity index (χ2n) is 5.14. The zero-order valence-electron chi connectivity index (χ0n) is 12.8. The number of nitrogens with one attached hydrogen (secondary N) is 2. The van der Waals surface area contributed by atoms with Crippen molar-refractivity contribution in [2.75, 3.05) is 0 Å². The molecule has 0 aliphatic rings. The van der Waals surface area contributed by atoms with Crippen LogP contribution < -0.4 is 0 Å². The molecule has 0 amide bonds. The van der Waals surface area contributed by atoms with Crippen molar-refractivity contribution in [1.29, 1.82) is 0 Å². The molecule has 0 bridgehead atoms. The Morgan fingerprint density at radius 3 is 1.46 bits per heavy atom. The number of hydrogen-bond acceptors (Lipinski definition) is 4. The Morgan fingerprint density at radius 2 is 1.12 bits per heavy atom. The molecule has 24 heavy (non-hydrogen) atoms. The SMILES string of the molecule is O=C(OCc1ccc(COC(=O)c2ccc[nH]2)cc1)c1ccc[nH]1. The molecule has 0 fully saturated rings. The highest BCUT2D eigenvalue weighted by Crippen LogP contribution is 2.09. The first kappa shape index (κ1) is 15.6. The van der Waals surface area contributed by atoms with Gasteiger partial charge in [-0.2, -0.15) is 0 Å². The van der Waals surface area contributed by atoms with Crippen molar-refractivity contribution in [3.8, 4) is 0 Å². The zero-order chi connectivity index (χ0) is 16.8. The van der Waals surface area contributed by atoms with E-state index < -0.39 is 11.9 Å². The molecule has 1 aromatic carbocycles. The minimum absolute atomic E-state index is 0.181. The van der Waals surface area contributed by atoms with E-state index in [1.807, 2.05) is 24.3 Å². The Kier molecular flexibility index (Phi) is 4.76. The summed E-state index contributed by atoms with van der Waals surface area (Å²) in [5.74, 6) is -0.798. The van der Waals surface area contributed by atoms with Gasteiger partial charge in [-0.1, -0.05) is 24.3 Å². The summed E-state index contributed by atoms with van der Waals surface area (Å²) < 4.78 is 10.4. The van der Waals surface area contributed by atoms with Crippen LogP contribution in [-0.2, 0) is 22.7 Å². The summed E-state index contributed by atoms with van der Waals surface area (Å²) in [6, 6.07) is 14.1. The minimum atomic E-state index is -0.399. The first-order valence-electron chi connectivity index (χ1n) is 7.41. The van der Waals surface area contributed by atoms with Gasteiger partial charge in [0.25, 0.3) is 0 Å². The van der Waals surface area contributed by atoms with Gasteiger partial charge in [0.1, 0.15) is 24.6 Å². The molecular weight excluding hydrogens is 308 g/mol. The highest BCUT2D eigenvalue weighted by atomic mass is 16.5. The van der Waals surface area contributed by atoms with Crippen molar-refractivity contribution in [3.05, 3.63) is 83.4 Å². The molecule has 0 atom stereocenters. The van der Waals surface area contributed by atoms with Crippen LogP contribution in [0.4, 0.5) is 0 Å². The van der Waals surface area contributed by atoms with Gasteiger partial charge in [0.05, 0.1) is 0 Å². The van der Waals surface area contributed by atoms with Gasteiger partial charge < -0.3 is 19.4 Å². The lowest BCUT2D eigenvalue weighted by Gasteiger charge is -2.06. The molecule has 0 aliphatic carbocycles. The normalized spacial score (nSPS) is 10.3. The summed E-state index contributed by atoms with van der Waals surface area (Å²) in [5, 5.41) is 0. The number of aromatic amines is 2. The van der Waals surface area contributed by atoms with E-state index in [0.717, 1.165) is 11.1 Å². The summed E-state index contributed by atoms with van der Waals surface area (Å²) in [6.07, 6.45) is 3.33. The van der Waals surface area contributed by atoms with Crippen LogP contribution >= 0.6 is 0 Å². The fourth-order valence-electron chi connectivity index (χ4n) is 2.10. The van der Waals surface area contributed by atoms with E-state index in [-0.39, 0.29) is 13.2 Å². The lowest BCUT2D eigenvalue weighted by Crippen LogP contribution is -2.06. The number of esters is 2. The number of H-pyrrole nitrogens is 2. The van der Waals surface area contributed by atoms with Gasteiger partial charge in [-0.15, -0.1) is 0 Å². The summed E-state index contributed by atoms with van der Waals surface area (Å²) in [6.45, 7) is 0.362. The van der Waals surface area contributed by atoms with Crippen molar-refractivity contribution in [2.24, 2.45) is 0 Å². The van der Waals surface area contributed by atoms with Crippen LogP contribution in [0.5, 0.6) is 0 Å². The lowest BCUT2D eigenvalue weighted by atomic mass is 10.1.